The SMILES string of the molecule is CN(Cc1cnn(C)c1)C(=O)C1=CN2CCS(=O)(=O)N=C2C=C1. The molecular formula is C14H17N5O3S. The van der Waals surface area contributed by atoms with E-state index >= 15 is 0 Å². The number of fused-ring (bicyclic) bond motifs is 1. The molecule has 1 amide bonds. The molecule has 0 unspecified atom stereocenters. The Labute approximate surface area is 134 Å². The Morgan fingerprint density at radius 1 is 1.39 bits per heavy atom. The number of aromatic nitrogens is 2. The standard InChI is InChI=1S/C14H17N5O3S/c1-17(8-11-7-15-18(2)9-11)14(20)12-3-4-13-16-23(21,22)6-5-19(13)10-12/h3-4,7,9-10H,5-6,8H2,1-2H3. The van der Waals surface area contributed by atoms with Crippen molar-refractivity contribution >= 4 is 21.8 Å². The van der Waals surface area contributed by atoms with Crippen molar-refractivity contribution in [3.05, 3.63) is 41.9 Å². The van der Waals surface area contributed by atoms with E-state index in [2.05, 4.69) is 9.50 Å². The zero-order valence-corrected chi connectivity index (χ0v) is 13.7. The van der Waals surface area contributed by atoms with Gasteiger partial charge < -0.3 is 9.80 Å². The van der Waals surface area contributed by atoms with Crippen LogP contribution < -0.4 is 0 Å². The molecule has 0 bridgehead atoms. The summed E-state index contributed by atoms with van der Waals surface area (Å²) in [5.41, 5.74) is 1.43. The van der Waals surface area contributed by atoms with E-state index in [1.54, 1.807) is 46.1 Å². The van der Waals surface area contributed by atoms with Crippen molar-refractivity contribution in [3.63, 3.8) is 0 Å². The first-order valence-electron chi connectivity index (χ1n) is 7.06. The van der Waals surface area contributed by atoms with Crippen molar-refractivity contribution in [1.29, 1.82) is 0 Å². The third-order valence-corrected chi connectivity index (χ3v) is 4.76. The van der Waals surface area contributed by atoms with Gasteiger partial charge in [0.25, 0.3) is 15.9 Å². The highest BCUT2D eigenvalue weighted by Gasteiger charge is 2.25. The molecule has 0 aromatic carbocycles. The highest BCUT2D eigenvalue weighted by Crippen LogP contribution is 2.17. The molecule has 122 valence electrons. The number of hydrogen-bond acceptors (Lipinski definition) is 5. The van der Waals surface area contributed by atoms with Gasteiger partial charge in [0.2, 0.25) is 0 Å². The molecule has 0 saturated heterocycles. The number of rotatable bonds is 3. The number of amidine groups is 1. The molecule has 3 heterocycles. The van der Waals surface area contributed by atoms with E-state index in [4.69, 9.17) is 0 Å². The average Bonchev–Trinajstić information content (AvgIpc) is 2.90. The summed E-state index contributed by atoms with van der Waals surface area (Å²) in [5, 5.41) is 4.08. The number of carbonyl (C=O) groups excluding carboxylic acids is 1. The first-order valence-corrected chi connectivity index (χ1v) is 8.67. The summed E-state index contributed by atoms with van der Waals surface area (Å²) in [6, 6.07) is 0. The maximum atomic E-state index is 12.5. The fraction of sp³-hybridized carbons (Fsp3) is 0.357. The van der Waals surface area contributed by atoms with Gasteiger partial charge in [-0.25, -0.2) is 8.42 Å². The van der Waals surface area contributed by atoms with Gasteiger partial charge in [0.15, 0.2) is 0 Å². The number of hydrogen-bond donors (Lipinski definition) is 0. The number of carbonyl (C=O) groups is 1. The fourth-order valence-electron chi connectivity index (χ4n) is 2.45. The molecule has 1 aromatic rings. The average molecular weight is 335 g/mol. The Morgan fingerprint density at radius 3 is 2.87 bits per heavy atom. The van der Waals surface area contributed by atoms with E-state index in [1.165, 1.54) is 0 Å². The van der Waals surface area contributed by atoms with Crippen LogP contribution in [0.3, 0.4) is 0 Å². The summed E-state index contributed by atoms with van der Waals surface area (Å²) in [5.74, 6) is 0.161. The molecule has 2 aliphatic rings. The lowest BCUT2D eigenvalue weighted by molar-refractivity contribution is -0.126. The summed E-state index contributed by atoms with van der Waals surface area (Å²) < 4.78 is 28.3. The number of sulfonamides is 1. The Kier molecular flexibility index (Phi) is 3.80. The van der Waals surface area contributed by atoms with Crippen LogP contribution in [0.4, 0.5) is 0 Å². The summed E-state index contributed by atoms with van der Waals surface area (Å²) in [4.78, 5) is 15.8. The Hall–Kier alpha value is -2.42. The third kappa shape index (κ3) is 3.34. The zero-order valence-electron chi connectivity index (χ0n) is 12.9. The largest absolute Gasteiger partial charge is 0.337 e. The molecule has 8 nitrogen and oxygen atoms in total. The predicted molar refractivity (Wildman–Crippen MR) is 84.8 cm³/mol. The van der Waals surface area contributed by atoms with Crippen LogP contribution in [0.1, 0.15) is 5.56 Å². The van der Waals surface area contributed by atoms with E-state index in [1.807, 2.05) is 13.2 Å². The summed E-state index contributed by atoms with van der Waals surface area (Å²) >= 11 is 0. The monoisotopic (exact) mass is 335 g/mol. The molecule has 3 rings (SSSR count). The molecule has 0 saturated carbocycles. The normalized spacial score (nSPS) is 19.0. The number of likely N-dealkylation sites (N-methyl/N-ethyl adjacent to an activating group) is 1. The summed E-state index contributed by atoms with van der Waals surface area (Å²) in [6.45, 7) is 0.752. The van der Waals surface area contributed by atoms with Gasteiger partial charge in [-0.1, -0.05) is 0 Å². The Morgan fingerprint density at radius 2 is 2.17 bits per heavy atom. The van der Waals surface area contributed by atoms with E-state index in [9.17, 15) is 13.2 Å². The maximum Gasteiger partial charge on any atom is 0.256 e. The van der Waals surface area contributed by atoms with Crippen LogP contribution in [0.15, 0.2) is 40.7 Å². The summed E-state index contributed by atoms with van der Waals surface area (Å²) in [6.07, 6.45) is 8.37. The van der Waals surface area contributed by atoms with E-state index in [0.29, 0.717) is 24.5 Å². The maximum absolute atomic E-state index is 12.5. The molecule has 0 aliphatic carbocycles. The van der Waals surface area contributed by atoms with Crippen LogP contribution >= 0.6 is 0 Å². The van der Waals surface area contributed by atoms with Crippen LogP contribution in [0, 0.1) is 0 Å². The van der Waals surface area contributed by atoms with Gasteiger partial charge in [-0.05, 0) is 12.2 Å². The molecule has 0 atom stereocenters. The van der Waals surface area contributed by atoms with Gasteiger partial charge in [0.1, 0.15) is 5.84 Å². The second-order valence-corrected chi connectivity index (χ2v) is 7.28. The molecule has 0 fully saturated rings. The Bertz CT molecular complexity index is 834. The minimum Gasteiger partial charge on any atom is -0.337 e. The number of amides is 1. The minimum absolute atomic E-state index is 0.0478. The van der Waals surface area contributed by atoms with E-state index in [0.717, 1.165) is 5.56 Å². The van der Waals surface area contributed by atoms with Gasteiger partial charge in [-0.3, -0.25) is 9.48 Å². The van der Waals surface area contributed by atoms with Crippen LogP contribution in [0.2, 0.25) is 0 Å². The van der Waals surface area contributed by atoms with Gasteiger partial charge in [-0.15, -0.1) is 4.40 Å². The summed E-state index contributed by atoms with van der Waals surface area (Å²) in [7, 11) is 0.155. The van der Waals surface area contributed by atoms with E-state index in [-0.39, 0.29) is 11.7 Å². The van der Waals surface area contributed by atoms with Crippen molar-refractivity contribution in [2.24, 2.45) is 11.4 Å². The highest BCUT2D eigenvalue weighted by atomic mass is 32.2. The van der Waals surface area contributed by atoms with Crippen molar-refractivity contribution in [2.75, 3.05) is 19.3 Å². The molecule has 1 aromatic heterocycles. The van der Waals surface area contributed by atoms with Gasteiger partial charge >= 0.3 is 0 Å². The van der Waals surface area contributed by atoms with Gasteiger partial charge in [0, 0.05) is 45.1 Å². The lowest BCUT2D eigenvalue weighted by atomic mass is 10.1. The quantitative estimate of drug-likeness (QED) is 0.768. The lowest BCUT2D eigenvalue weighted by Crippen LogP contribution is -2.38. The molecule has 23 heavy (non-hydrogen) atoms. The molecule has 2 aliphatic heterocycles. The first-order chi connectivity index (χ1) is 10.8. The molecular weight excluding hydrogens is 318 g/mol. The molecule has 0 spiro atoms. The van der Waals surface area contributed by atoms with Crippen molar-refractivity contribution < 1.29 is 13.2 Å². The molecule has 0 N–H and O–H groups in total. The lowest BCUT2D eigenvalue weighted by Gasteiger charge is -2.28. The second-order valence-electron chi connectivity index (χ2n) is 5.53. The number of aryl methyl sites for hydroxylation is 1. The fourth-order valence-corrected chi connectivity index (χ4v) is 3.42. The van der Waals surface area contributed by atoms with Crippen LogP contribution in [0.25, 0.3) is 0 Å². The van der Waals surface area contributed by atoms with Crippen molar-refractivity contribution in [2.45, 2.75) is 6.54 Å². The van der Waals surface area contributed by atoms with Gasteiger partial charge in [0.05, 0.1) is 17.5 Å². The van der Waals surface area contributed by atoms with Crippen molar-refractivity contribution in [1.82, 2.24) is 19.6 Å². The highest BCUT2D eigenvalue weighted by molar-refractivity contribution is 7.90. The zero-order chi connectivity index (χ0) is 16.6. The first kappa shape index (κ1) is 15.5. The van der Waals surface area contributed by atoms with Gasteiger partial charge in [-0.2, -0.15) is 5.10 Å². The third-order valence-electron chi connectivity index (χ3n) is 3.60. The van der Waals surface area contributed by atoms with E-state index < -0.39 is 10.0 Å². The van der Waals surface area contributed by atoms with Crippen LogP contribution in [-0.2, 0) is 28.4 Å². The van der Waals surface area contributed by atoms with Crippen LogP contribution in [-0.4, -0.2) is 59.1 Å². The smallest absolute Gasteiger partial charge is 0.256 e. The number of nitrogens with zero attached hydrogens (tertiary/aromatic N) is 5. The topological polar surface area (TPSA) is 87.9 Å². The molecule has 9 heteroatoms. The predicted octanol–water partition coefficient (Wildman–Crippen LogP) is -0.124. The van der Waals surface area contributed by atoms with Crippen LogP contribution in [0.5, 0.6) is 0 Å². The minimum atomic E-state index is -3.38. The molecule has 0 radical (unpaired) electrons. The Balaban J connectivity index is 1.74. The van der Waals surface area contributed by atoms with Crippen molar-refractivity contribution in [3.8, 4) is 0 Å². The second kappa shape index (κ2) is 5.65.